The third kappa shape index (κ3) is 7.38. The molecule has 2 aromatic rings. The lowest BCUT2D eigenvalue weighted by atomic mass is 9.86. The average molecular weight is 641 g/mol. The van der Waals surface area contributed by atoms with Crippen LogP contribution in [0.5, 0.6) is 0 Å². The summed E-state index contributed by atoms with van der Waals surface area (Å²) < 4.78 is 0. The molecule has 2 aromatic heterocycles. The Morgan fingerprint density at radius 1 is 0.933 bits per heavy atom. The van der Waals surface area contributed by atoms with Gasteiger partial charge in [0.1, 0.15) is 0 Å². The lowest BCUT2D eigenvalue weighted by Gasteiger charge is -2.24. The number of rotatable bonds is 14. The monoisotopic (exact) mass is 640 g/mol. The molecule has 4 rings (SSSR count). The van der Waals surface area contributed by atoms with Crippen LogP contribution in [-0.4, -0.2) is 66.9 Å². The van der Waals surface area contributed by atoms with Gasteiger partial charge in [0, 0.05) is 95.9 Å². The number of aliphatic carboxylic acids is 2. The number of aliphatic hydroxyl groups is 1. The summed E-state index contributed by atoms with van der Waals surface area (Å²) in [6.07, 6.45) is 3.50. The highest BCUT2D eigenvalue weighted by Crippen LogP contribution is 2.34. The third-order valence-electron chi connectivity index (χ3n) is 9.40. The molecular formula is C33H44N4O7S. The number of nitrogens with one attached hydrogen (secondary N) is 4. The fourth-order valence-corrected chi connectivity index (χ4v) is 7.33. The van der Waals surface area contributed by atoms with E-state index in [9.17, 15) is 34.5 Å². The van der Waals surface area contributed by atoms with E-state index < -0.39 is 11.9 Å². The van der Waals surface area contributed by atoms with Crippen LogP contribution in [-0.2, 0) is 44.9 Å². The highest BCUT2D eigenvalue weighted by Gasteiger charge is 2.41. The first kappa shape index (κ1) is 34.1. The summed E-state index contributed by atoms with van der Waals surface area (Å²) in [5, 5.41) is 34.3. The number of thiol groups is 1. The molecule has 0 aromatic carbocycles. The number of carboxylic acids is 2. The number of amides is 2. The molecular weight excluding hydrogens is 596 g/mol. The van der Waals surface area contributed by atoms with Gasteiger partial charge in [0.15, 0.2) is 0 Å². The first-order chi connectivity index (χ1) is 21.2. The zero-order chi connectivity index (χ0) is 33.2. The van der Waals surface area contributed by atoms with Crippen LogP contribution in [0.2, 0.25) is 0 Å². The van der Waals surface area contributed by atoms with E-state index in [0.29, 0.717) is 30.5 Å². The molecule has 0 aliphatic carbocycles. The molecule has 0 saturated carbocycles. The maximum atomic E-state index is 12.6. The summed E-state index contributed by atoms with van der Waals surface area (Å²) in [5.41, 5.74) is 8.75. The number of carbonyl (C=O) groups is 4. The van der Waals surface area contributed by atoms with E-state index in [1.807, 2.05) is 40.7 Å². The van der Waals surface area contributed by atoms with Crippen LogP contribution in [0.4, 0.5) is 0 Å². The van der Waals surface area contributed by atoms with Gasteiger partial charge in [0.05, 0.1) is 0 Å². The van der Waals surface area contributed by atoms with Crippen molar-refractivity contribution in [2.75, 3.05) is 6.61 Å². The van der Waals surface area contributed by atoms with Gasteiger partial charge >= 0.3 is 11.9 Å². The van der Waals surface area contributed by atoms with Crippen molar-refractivity contribution in [3.63, 3.8) is 0 Å². The molecule has 4 atom stereocenters. The fraction of sp³-hybridized carbons (Fsp3) is 0.515. The van der Waals surface area contributed by atoms with Crippen LogP contribution in [0.25, 0.3) is 6.08 Å². The summed E-state index contributed by atoms with van der Waals surface area (Å²) in [7, 11) is 0. The predicted octanol–water partition coefficient (Wildman–Crippen LogP) is 3.37. The molecule has 2 aliphatic rings. The normalized spacial score (nSPS) is 21.5. The molecule has 0 radical (unpaired) electrons. The Hall–Kier alpha value is -3.77. The van der Waals surface area contributed by atoms with Gasteiger partial charge in [-0.3, -0.25) is 19.2 Å². The van der Waals surface area contributed by atoms with Crippen LogP contribution >= 0.6 is 12.6 Å². The Morgan fingerprint density at radius 3 is 2.11 bits per heavy atom. The van der Waals surface area contributed by atoms with Crippen LogP contribution in [0.15, 0.2) is 16.8 Å². The Morgan fingerprint density at radius 2 is 1.53 bits per heavy atom. The number of aliphatic hydroxyl groups excluding tert-OH is 1. The molecule has 4 heterocycles. The lowest BCUT2D eigenvalue weighted by molar-refractivity contribution is -0.138. The number of aromatic amines is 2. The molecule has 7 N–H and O–H groups in total. The largest absolute Gasteiger partial charge is 0.481 e. The first-order valence-electron chi connectivity index (χ1n) is 15.4. The van der Waals surface area contributed by atoms with Gasteiger partial charge in [-0.25, -0.2) is 0 Å². The van der Waals surface area contributed by atoms with Crippen molar-refractivity contribution in [1.82, 2.24) is 20.6 Å². The van der Waals surface area contributed by atoms with Crippen molar-refractivity contribution in [3.05, 3.63) is 61.9 Å². The number of allylic oxidation sites excluding steroid dienone is 1. The van der Waals surface area contributed by atoms with Crippen LogP contribution in [0, 0.1) is 25.7 Å². The Bertz CT molecular complexity index is 1560. The van der Waals surface area contributed by atoms with Gasteiger partial charge in [0.2, 0.25) is 5.91 Å². The minimum absolute atomic E-state index is 0.0000290. The van der Waals surface area contributed by atoms with Crippen molar-refractivity contribution in [1.29, 1.82) is 0 Å². The fourth-order valence-electron chi connectivity index (χ4n) is 6.87. The Labute approximate surface area is 268 Å². The summed E-state index contributed by atoms with van der Waals surface area (Å²) in [6, 6.07) is -0.122. The molecule has 12 heteroatoms. The van der Waals surface area contributed by atoms with E-state index in [1.54, 1.807) is 0 Å². The van der Waals surface area contributed by atoms with Gasteiger partial charge in [0.25, 0.3) is 5.91 Å². The smallest absolute Gasteiger partial charge is 0.303 e. The van der Waals surface area contributed by atoms with E-state index in [1.165, 1.54) is 0 Å². The lowest BCUT2D eigenvalue weighted by Crippen LogP contribution is -2.34. The maximum absolute atomic E-state index is 12.6. The number of hydrogen-bond donors (Lipinski definition) is 8. The van der Waals surface area contributed by atoms with Gasteiger partial charge < -0.3 is 35.9 Å². The molecule has 244 valence electrons. The summed E-state index contributed by atoms with van der Waals surface area (Å²) >= 11 is 4.66. The first-order valence-corrected chi connectivity index (χ1v) is 15.9. The van der Waals surface area contributed by atoms with E-state index in [4.69, 9.17) is 0 Å². The zero-order valence-electron chi connectivity index (χ0n) is 26.5. The maximum Gasteiger partial charge on any atom is 0.303 e. The topological polar surface area (TPSA) is 185 Å². The second-order valence-corrected chi connectivity index (χ2v) is 13.1. The predicted molar refractivity (Wildman–Crippen MR) is 173 cm³/mol. The van der Waals surface area contributed by atoms with Gasteiger partial charge in [-0.2, -0.15) is 12.6 Å². The SMILES string of the molecule is CC1=C(CCO)C(=O)N/C1=C\c1[nH]c(Cc2[nH]c(CC3NC(=O)[C@H](C)[C@H]3[C@@H](C)S)c(C)c2CCC(=O)O)c(CCC(=O)O)c1C. The number of H-pyrrole nitrogens is 2. The standard InChI is InChI=1S/C33H44N4O7S/c1-15-20(6-8-29(39)40)26(34-23(15)12-25-17(3)22(10-11-38)33(44)36-25)14-27-21(7-9-30(41)42)16(2)24(35-27)13-28-31(19(5)45)18(4)32(43)37-28/h12,18-19,28,31,34-35,38,45H,6-11,13-14H2,1-5H3,(H,36,44)(H,37,43)(H,39,40)(H,41,42)/b25-12-/t18-,19-,28?,31+/m1/s1. The number of carboxylic acid groups (broad SMARTS) is 2. The second-order valence-electron chi connectivity index (χ2n) is 12.3. The highest BCUT2D eigenvalue weighted by molar-refractivity contribution is 7.80. The van der Waals surface area contributed by atoms with Crippen molar-refractivity contribution >= 4 is 42.5 Å². The van der Waals surface area contributed by atoms with E-state index >= 15 is 0 Å². The van der Waals surface area contributed by atoms with Crippen molar-refractivity contribution < 1.29 is 34.5 Å². The average Bonchev–Trinajstić information content (AvgIpc) is 3.60. The molecule has 0 spiro atoms. The Balaban J connectivity index is 1.74. The molecule has 2 aliphatic heterocycles. The molecule has 0 bridgehead atoms. The highest BCUT2D eigenvalue weighted by atomic mass is 32.1. The summed E-state index contributed by atoms with van der Waals surface area (Å²) in [4.78, 5) is 55.2. The molecule has 1 unspecified atom stereocenters. The number of hydrogen-bond acceptors (Lipinski definition) is 6. The zero-order valence-corrected chi connectivity index (χ0v) is 27.4. The van der Waals surface area contributed by atoms with Crippen LogP contribution < -0.4 is 10.6 Å². The molecule has 1 saturated heterocycles. The van der Waals surface area contributed by atoms with E-state index in [-0.39, 0.29) is 67.2 Å². The third-order valence-corrected chi connectivity index (χ3v) is 9.75. The number of carbonyl (C=O) groups excluding carboxylic acids is 2. The summed E-state index contributed by atoms with van der Waals surface area (Å²) in [6.45, 7) is 9.47. The van der Waals surface area contributed by atoms with Crippen molar-refractivity contribution in [3.8, 4) is 0 Å². The van der Waals surface area contributed by atoms with Crippen LogP contribution in [0.1, 0.15) is 85.1 Å². The van der Waals surface area contributed by atoms with Gasteiger partial charge in [-0.1, -0.05) is 13.8 Å². The molecule has 11 nitrogen and oxygen atoms in total. The van der Waals surface area contributed by atoms with E-state index in [0.717, 1.165) is 50.6 Å². The minimum Gasteiger partial charge on any atom is -0.481 e. The quantitative estimate of drug-likeness (QED) is 0.146. The van der Waals surface area contributed by atoms with Gasteiger partial charge in [-0.05, 0) is 67.5 Å². The van der Waals surface area contributed by atoms with Crippen molar-refractivity contribution in [2.45, 2.75) is 90.9 Å². The van der Waals surface area contributed by atoms with Gasteiger partial charge in [-0.15, -0.1) is 0 Å². The minimum atomic E-state index is -0.919. The van der Waals surface area contributed by atoms with E-state index in [2.05, 4.69) is 33.2 Å². The van der Waals surface area contributed by atoms with Crippen molar-refractivity contribution in [2.24, 2.45) is 11.8 Å². The molecule has 2 amide bonds. The Kier molecular flexibility index (Phi) is 10.7. The number of aromatic nitrogens is 2. The summed E-state index contributed by atoms with van der Waals surface area (Å²) in [5.74, 6) is -2.21. The molecule has 45 heavy (non-hydrogen) atoms. The second kappa shape index (κ2) is 14.1. The van der Waals surface area contributed by atoms with Crippen LogP contribution in [0.3, 0.4) is 0 Å². The molecule has 1 fully saturated rings.